The first kappa shape index (κ1) is 13.8. The van der Waals surface area contributed by atoms with E-state index >= 15 is 0 Å². The van der Waals surface area contributed by atoms with E-state index in [1.807, 2.05) is 52.7 Å². The van der Waals surface area contributed by atoms with Crippen LogP contribution in [0.4, 0.5) is 5.69 Å². The fraction of sp³-hybridized carbons (Fsp3) is 0.200. The highest BCUT2D eigenvalue weighted by Gasteiger charge is 2.13. The number of para-hydroxylation sites is 1. The Kier molecular flexibility index (Phi) is 4.28. The molecule has 3 rings (SSSR count). The van der Waals surface area contributed by atoms with Crippen LogP contribution in [0, 0.1) is 0 Å². The number of aromatic nitrogens is 2. The van der Waals surface area contributed by atoms with Crippen molar-refractivity contribution in [1.82, 2.24) is 10.1 Å². The lowest BCUT2D eigenvalue weighted by Gasteiger charge is -2.21. The normalized spacial score (nSPS) is 10.7. The van der Waals surface area contributed by atoms with Gasteiger partial charge < -0.3 is 14.5 Å². The molecule has 0 unspecified atom stereocenters. The Morgan fingerprint density at radius 3 is 2.71 bits per heavy atom. The number of rotatable bonds is 6. The van der Waals surface area contributed by atoms with E-state index in [1.165, 1.54) is 0 Å². The molecule has 0 bridgehead atoms. The van der Waals surface area contributed by atoms with Crippen molar-refractivity contribution in [1.29, 1.82) is 0 Å². The van der Waals surface area contributed by atoms with E-state index in [1.54, 1.807) is 11.3 Å². The van der Waals surface area contributed by atoms with Crippen molar-refractivity contribution in [3.63, 3.8) is 0 Å². The van der Waals surface area contributed by atoms with E-state index in [2.05, 4.69) is 10.1 Å². The van der Waals surface area contributed by atoms with E-state index in [0.29, 0.717) is 24.8 Å². The molecular weight excluding hydrogens is 286 g/mol. The summed E-state index contributed by atoms with van der Waals surface area (Å²) >= 11 is 1.58. The molecule has 0 aliphatic rings. The number of hydrogen-bond donors (Lipinski definition) is 1. The molecule has 0 fully saturated rings. The molecule has 2 heterocycles. The van der Waals surface area contributed by atoms with Gasteiger partial charge in [-0.1, -0.05) is 29.4 Å². The van der Waals surface area contributed by atoms with E-state index in [9.17, 15) is 5.11 Å². The number of nitrogens with zero attached hydrogens (tertiary/aromatic N) is 3. The average molecular weight is 301 g/mol. The van der Waals surface area contributed by atoms with E-state index < -0.39 is 0 Å². The molecule has 0 aliphatic heterocycles. The molecule has 0 spiro atoms. The minimum atomic E-state index is 0.0703. The zero-order valence-corrected chi connectivity index (χ0v) is 12.2. The molecule has 0 saturated heterocycles. The molecule has 2 aromatic heterocycles. The molecule has 0 saturated carbocycles. The van der Waals surface area contributed by atoms with Crippen molar-refractivity contribution in [3.05, 3.63) is 53.7 Å². The summed E-state index contributed by atoms with van der Waals surface area (Å²) in [5, 5.41) is 15.2. The minimum Gasteiger partial charge on any atom is -0.395 e. The van der Waals surface area contributed by atoms with Crippen molar-refractivity contribution in [3.8, 4) is 10.7 Å². The number of aliphatic hydroxyl groups is 1. The molecule has 3 aromatic rings. The van der Waals surface area contributed by atoms with Crippen LogP contribution < -0.4 is 4.90 Å². The van der Waals surface area contributed by atoms with Crippen LogP contribution in [-0.2, 0) is 6.54 Å². The summed E-state index contributed by atoms with van der Waals surface area (Å²) in [7, 11) is 0. The van der Waals surface area contributed by atoms with Gasteiger partial charge in [0.15, 0.2) is 0 Å². The van der Waals surface area contributed by atoms with Crippen LogP contribution in [0.2, 0.25) is 0 Å². The largest absolute Gasteiger partial charge is 0.395 e. The van der Waals surface area contributed by atoms with Crippen LogP contribution >= 0.6 is 11.3 Å². The average Bonchev–Trinajstić information content (AvgIpc) is 3.19. The number of hydrogen-bond acceptors (Lipinski definition) is 6. The van der Waals surface area contributed by atoms with Gasteiger partial charge in [0.25, 0.3) is 0 Å². The highest BCUT2D eigenvalue weighted by Crippen LogP contribution is 2.22. The molecule has 1 aromatic carbocycles. The molecule has 0 atom stereocenters. The van der Waals surface area contributed by atoms with Gasteiger partial charge in [-0.3, -0.25) is 0 Å². The molecule has 0 amide bonds. The lowest BCUT2D eigenvalue weighted by molar-refractivity contribution is 0.298. The molecule has 5 nitrogen and oxygen atoms in total. The smallest absolute Gasteiger partial charge is 0.246 e. The number of anilines is 1. The van der Waals surface area contributed by atoms with Gasteiger partial charge in [0, 0.05) is 12.2 Å². The highest BCUT2D eigenvalue weighted by molar-refractivity contribution is 7.13. The fourth-order valence-electron chi connectivity index (χ4n) is 2.05. The second-order valence-electron chi connectivity index (χ2n) is 4.47. The molecule has 21 heavy (non-hydrogen) atoms. The Morgan fingerprint density at radius 1 is 1.14 bits per heavy atom. The maximum Gasteiger partial charge on any atom is 0.246 e. The third-order valence-electron chi connectivity index (χ3n) is 3.03. The summed E-state index contributed by atoms with van der Waals surface area (Å²) in [5.74, 6) is 1.15. The fourth-order valence-corrected chi connectivity index (χ4v) is 2.70. The maximum absolute atomic E-state index is 9.22. The Hall–Kier alpha value is -2.18. The van der Waals surface area contributed by atoms with Gasteiger partial charge >= 0.3 is 0 Å². The molecule has 108 valence electrons. The molecule has 0 aliphatic carbocycles. The number of thiophene rings is 1. The van der Waals surface area contributed by atoms with Crippen molar-refractivity contribution in [2.75, 3.05) is 18.1 Å². The predicted molar refractivity (Wildman–Crippen MR) is 82.2 cm³/mol. The maximum atomic E-state index is 9.22. The summed E-state index contributed by atoms with van der Waals surface area (Å²) in [5.41, 5.74) is 1.02. The lowest BCUT2D eigenvalue weighted by Crippen LogP contribution is -2.26. The van der Waals surface area contributed by atoms with Gasteiger partial charge in [-0.2, -0.15) is 4.98 Å². The summed E-state index contributed by atoms with van der Waals surface area (Å²) in [4.78, 5) is 7.40. The zero-order valence-electron chi connectivity index (χ0n) is 11.3. The molecular formula is C15H15N3O2S. The van der Waals surface area contributed by atoms with Gasteiger partial charge in [0.05, 0.1) is 18.0 Å². The van der Waals surface area contributed by atoms with E-state index in [4.69, 9.17) is 4.52 Å². The second kappa shape index (κ2) is 6.51. The standard InChI is InChI=1S/C15H15N3O2S/c19-9-8-18(12-5-2-1-3-6-12)11-14-16-15(17-20-14)13-7-4-10-21-13/h1-7,10,19H,8-9,11H2. The van der Waals surface area contributed by atoms with Crippen LogP contribution in [0.15, 0.2) is 52.4 Å². The Labute approximate surface area is 126 Å². The van der Waals surface area contributed by atoms with E-state index in [-0.39, 0.29) is 6.61 Å². The van der Waals surface area contributed by atoms with Gasteiger partial charge in [-0.15, -0.1) is 11.3 Å². The first-order valence-corrected chi connectivity index (χ1v) is 7.52. The lowest BCUT2D eigenvalue weighted by atomic mass is 10.3. The SMILES string of the molecule is OCCN(Cc1nc(-c2cccs2)no1)c1ccccc1. The van der Waals surface area contributed by atoms with Gasteiger partial charge in [-0.25, -0.2) is 0 Å². The van der Waals surface area contributed by atoms with Crippen LogP contribution in [0.5, 0.6) is 0 Å². The molecule has 0 radical (unpaired) electrons. The van der Waals surface area contributed by atoms with Crippen molar-refractivity contribution < 1.29 is 9.63 Å². The first-order chi connectivity index (χ1) is 10.4. The van der Waals surface area contributed by atoms with E-state index in [0.717, 1.165) is 10.6 Å². The topological polar surface area (TPSA) is 62.4 Å². The Morgan fingerprint density at radius 2 is 2.00 bits per heavy atom. The first-order valence-electron chi connectivity index (χ1n) is 6.64. The third kappa shape index (κ3) is 3.29. The van der Waals surface area contributed by atoms with Crippen LogP contribution in [0.25, 0.3) is 10.7 Å². The quantitative estimate of drug-likeness (QED) is 0.758. The van der Waals surface area contributed by atoms with Gasteiger partial charge in [-0.05, 0) is 23.6 Å². The predicted octanol–water partition coefficient (Wildman–Crippen LogP) is 2.80. The zero-order chi connectivity index (χ0) is 14.5. The van der Waals surface area contributed by atoms with Crippen molar-refractivity contribution in [2.45, 2.75) is 6.54 Å². The van der Waals surface area contributed by atoms with Gasteiger partial charge in [0.1, 0.15) is 0 Å². The van der Waals surface area contributed by atoms with Crippen LogP contribution in [0.3, 0.4) is 0 Å². The van der Waals surface area contributed by atoms with Gasteiger partial charge in [0.2, 0.25) is 11.7 Å². The second-order valence-corrected chi connectivity index (χ2v) is 5.42. The third-order valence-corrected chi connectivity index (χ3v) is 3.89. The summed E-state index contributed by atoms with van der Waals surface area (Å²) in [6.07, 6.45) is 0. The minimum absolute atomic E-state index is 0.0703. The highest BCUT2D eigenvalue weighted by atomic mass is 32.1. The summed E-state index contributed by atoms with van der Waals surface area (Å²) in [6.45, 7) is 1.06. The molecule has 1 N–H and O–H groups in total. The summed E-state index contributed by atoms with van der Waals surface area (Å²) < 4.78 is 5.31. The van der Waals surface area contributed by atoms with Crippen molar-refractivity contribution in [2.24, 2.45) is 0 Å². The van der Waals surface area contributed by atoms with Crippen molar-refractivity contribution >= 4 is 17.0 Å². The van der Waals surface area contributed by atoms with Crippen LogP contribution in [-0.4, -0.2) is 28.4 Å². The van der Waals surface area contributed by atoms with Crippen LogP contribution in [0.1, 0.15) is 5.89 Å². The Balaban J connectivity index is 1.77. The monoisotopic (exact) mass is 301 g/mol. The Bertz CT molecular complexity index is 667. The number of benzene rings is 1. The summed E-state index contributed by atoms with van der Waals surface area (Å²) in [6, 6.07) is 13.8. The molecule has 6 heteroatoms. The number of aliphatic hydroxyl groups excluding tert-OH is 1.